The molecule has 4 rings (SSSR count). The largest absolute Gasteiger partial charge is 0.397 e. The van der Waals surface area contributed by atoms with E-state index in [1.54, 1.807) is 24.3 Å². The average Bonchev–Trinajstić information content (AvgIpc) is 3.30. The molecule has 0 bridgehead atoms. The number of anilines is 1. The average molecular weight is 541 g/mol. The van der Waals surface area contributed by atoms with Gasteiger partial charge in [0.2, 0.25) is 5.91 Å². The maximum atomic E-state index is 14.4. The molecule has 4 aromatic rings. The first-order valence-electron chi connectivity index (χ1n) is 12.1. The molecule has 2 atom stereocenters. The van der Waals surface area contributed by atoms with Crippen molar-refractivity contribution in [1.82, 2.24) is 25.3 Å². The number of aromatic nitrogens is 3. The third kappa shape index (κ3) is 6.06. The highest BCUT2D eigenvalue weighted by molar-refractivity contribution is 6.00. The van der Waals surface area contributed by atoms with Gasteiger partial charge in [-0.2, -0.15) is 0 Å². The number of halogens is 1. The van der Waals surface area contributed by atoms with Gasteiger partial charge in [-0.1, -0.05) is 6.07 Å². The van der Waals surface area contributed by atoms with Gasteiger partial charge in [-0.15, -0.1) is 0 Å². The molecule has 39 heavy (non-hydrogen) atoms. The zero-order valence-corrected chi connectivity index (χ0v) is 21.3. The summed E-state index contributed by atoms with van der Waals surface area (Å²) in [6, 6.07) is 8.95. The first kappa shape index (κ1) is 27.7. The molecule has 13 heteroatoms. The van der Waals surface area contributed by atoms with Crippen molar-refractivity contribution in [2.45, 2.75) is 31.5 Å². The van der Waals surface area contributed by atoms with E-state index in [0.717, 1.165) is 5.06 Å². The molecule has 0 aliphatic carbocycles. The second-order valence-corrected chi connectivity index (χ2v) is 9.09. The first-order chi connectivity index (χ1) is 18.6. The number of hydroxylamine groups is 2. The summed E-state index contributed by atoms with van der Waals surface area (Å²) >= 11 is 0. The predicted molar refractivity (Wildman–Crippen MR) is 142 cm³/mol. The molecule has 2 amide bonds. The summed E-state index contributed by atoms with van der Waals surface area (Å²) in [5, 5.41) is 23.9. The van der Waals surface area contributed by atoms with E-state index in [4.69, 9.17) is 10.6 Å². The van der Waals surface area contributed by atoms with E-state index in [1.807, 2.05) is 0 Å². The Bertz CT molecular complexity index is 1580. The van der Waals surface area contributed by atoms with Crippen LogP contribution in [0.5, 0.6) is 0 Å². The van der Waals surface area contributed by atoms with Gasteiger partial charge in [-0.3, -0.25) is 19.2 Å². The summed E-state index contributed by atoms with van der Waals surface area (Å²) in [6.45, 7) is 0.124. The smallest absolute Gasteiger partial charge is 0.261 e. The number of rotatable bonds is 10. The quantitative estimate of drug-likeness (QED) is 0.163. The van der Waals surface area contributed by atoms with Crippen LogP contribution >= 0.6 is 0 Å². The Morgan fingerprint density at radius 1 is 1.18 bits per heavy atom. The molecule has 0 saturated carbocycles. The van der Waals surface area contributed by atoms with Crippen molar-refractivity contribution in [2.75, 3.05) is 26.4 Å². The number of hydrogen-bond donors (Lipinski definition) is 6. The van der Waals surface area contributed by atoms with Crippen LogP contribution in [0.3, 0.4) is 0 Å². The van der Waals surface area contributed by atoms with Crippen LogP contribution in [0.1, 0.15) is 29.6 Å². The molecule has 0 saturated heterocycles. The van der Waals surface area contributed by atoms with Crippen molar-refractivity contribution in [3.05, 3.63) is 58.1 Å². The molecule has 0 unspecified atom stereocenters. The molecule has 206 valence electrons. The number of aliphatic hydroxyl groups is 2. The number of imidazole rings is 1. The number of nitrogens with zero attached hydrogens (tertiary/aromatic N) is 2. The van der Waals surface area contributed by atoms with Crippen molar-refractivity contribution in [1.29, 1.82) is 0 Å². The third-order valence-corrected chi connectivity index (χ3v) is 6.35. The number of aliphatic hydroxyl groups excluding tert-OH is 2. The van der Waals surface area contributed by atoms with E-state index < -0.39 is 35.4 Å². The Morgan fingerprint density at radius 2 is 1.95 bits per heavy atom. The zero-order chi connectivity index (χ0) is 28.3. The number of nitrogen functional groups attached to an aromatic ring is 1. The van der Waals surface area contributed by atoms with Gasteiger partial charge in [-0.05, 0) is 43.2 Å². The van der Waals surface area contributed by atoms with Gasteiger partial charge >= 0.3 is 0 Å². The molecule has 0 fully saturated rings. The highest BCUT2D eigenvalue weighted by Gasteiger charge is 2.20. The Hall–Kier alpha value is -4.33. The summed E-state index contributed by atoms with van der Waals surface area (Å²) in [5.74, 6) is -1.29. The number of fused-ring (bicyclic) bond motifs is 2. The highest BCUT2D eigenvalue weighted by Crippen LogP contribution is 2.30. The molecule has 0 aliphatic heterocycles. The minimum atomic E-state index is -1.06. The number of aromatic amines is 2. The number of carbonyl (C=O) groups is 2. The van der Waals surface area contributed by atoms with E-state index in [-0.39, 0.29) is 53.8 Å². The molecular formula is C26H29FN6O6. The molecule has 2 heterocycles. The first-order valence-corrected chi connectivity index (χ1v) is 12.1. The maximum absolute atomic E-state index is 14.4. The van der Waals surface area contributed by atoms with E-state index in [0.29, 0.717) is 16.6 Å². The van der Waals surface area contributed by atoms with Crippen LogP contribution in [0, 0.1) is 5.82 Å². The van der Waals surface area contributed by atoms with Gasteiger partial charge in [0.25, 0.3) is 11.5 Å². The van der Waals surface area contributed by atoms with Crippen LogP contribution in [0.2, 0.25) is 0 Å². The van der Waals surface area contributed by atoms with E-state index in [2.05, 4.69) is 20.3 Å². The lowest BCUT2D eigenvalue weighted by atomic mass is 10.1. The lowest BCUT2D eigenvalue weighted by Crippen LogP contribution is -2.32. The maximum Gasteiger partial charge on any atom is 0.261 e. The van der Waals surface area contributed by atoms with Gasteiger partial charge in [0.05, 0.1) is 53.4 Å². The molecule has 0 aliphatic rings. The van der Waals surface area contributed by atoms with Crippen molar-refractivity contribution in [3.8, 4) is 11.4 Å². The number of amides is 2. The number of pyridine rings is 1. The Balaban J connectivity index is 1.42. The third-order valence-electron chi connectivity index (χ3n) is 6.35. The normalized spacial score (nSPS) is 12.9. The van der Waals surface area contributed by atoms with E-state index >= 15 is 0 Å². The summed E-state index contributed by atoms with van der Waals surface area (Å²) in [6.07, 6.45) is -2.07. The zero-order valence-electron chi connectivity index (χ0n) is 21.3. The van der Waals surface area contributed by atoms with Crippen LogP contribution in [-0.2, 0) is 9.63 Å². The summed E-state index contributed by atoms with van der Waals surface area (Å²) < 4.78 is 14.4. The number of nitrogens with two attached hydrogens (primary N) is 1. The SMILES string of the molecule is CON(C)C(=O)C[C@H](O)C[C@H](O)CCNC(=O)c1ccc2nc(-c3c(N)c4c(F)cccc4[nH]c3=O)[nH]c2c1. The minimum absolute atomic E-state index is 0.0125. The van der Waals surface area contributed by atoms with Gasteiger partial charge < -0.3 is 31.2 Å². The topological polar surface area (TPSA) is 187 Å². The predicted octanol–water partition coefficient (Wildman–Crippen LogP) is 1.43. The molecule has 12 nitrogen and oxygen atoms in total. The summed E-state index contributed by atoms with van der Waals surface area (Å²) in [4.78, 5) is 51.9. The van der Waals surface area contributed by atoms with Gasteiger partial charge in [0.15, 0.2) is 0 Å². The van der Waals surface area contributed by atoms with Crippen LogP contribution in [0.25, 0.3) is 33.3 Å². The number of H-pyrrole nitrogens is 2. The van der Waals surface area contributed by atoms with Gasteiger partial charge in [0.1, 0.15) is 17.2 Å². The fourth-order valence-electron chi connectivity index (χ4n) is 4.24. The fourth-order valence-corrected chi connectivity index (χ4v) is 4.24. The monoisotopic (exact) mass is 540 g/mol. The second-order valence-electron chi connectivity index (χ2n) is 9.09. The fraction of sp³-hybridized carbons (Fsp3) is 0.308. The van der Waals surface area contributed by atoms with E-state index in [1.165, 1.54) is 26.3 Å². The highest BCUT2D eigenvalue weighted by atomic mass is 19.1. The molecular weight excluding hydrogens is 511 g/mol. The molecule has 2 aromatic heterocycles. The van der Waals surface area contributed by atoms with E-state index in [9.17, 15) is 29.0 Å². The van der Waals surface area contributed by atoms with Gasteiger partial charge in [-0.25, -0.2) is 14.4 Å². The van der Waals surface area contributed by atoms with Crippen molar-refractivity contribution < 1.29 is 29.0 Å². The number of benzene rings is 2. The number of nitrogens with one attached hydrogen (secondary N) is 3. The Labute approximate surface area is 221 Å². The van der Waals surface area contributed by atoms with Crippen LogP contribution < -0.4 is 16.6 Å². The second kappa shape index (κ2) is 11.6. The van der Waals surface area contributed by atoms with Gasteiger partial charge in [0, 0.05) is 19.2 Å². The standard InChI is InChI=1S/C26H29FN6O6/c1-33(39-2)20(36)12-15(35)11-14(34)8-9-29-25(37)13-6-7-17-19(10-13)31-24(30-17)22-23(28)21-16(27)4-3-5-18(21)32-26(22)38/h3-7,10,14-15,34-35H,8-9,11-12H2,1-2H3,(H,29,37)(H,30,31)(H3,28,32,38)/t14-,15-/m1/s1. The minimum Gasteiger partial charge on any atom is -0.397 e. The lowest BCUT2D eigenvalue weighted by molar-refractivity contribution is -0.170. The number of hydrogen-bond acceptors (Lipinski definition) is 8. The van der Waals surface area contributed by atoms with Crippen LogP contribution in [0.15, 0.2) is 41.2 Å². The Morgan fingerprint density at radius 3 is 2.69 bits per heavy atom. The van der Waals surface area contributed by atoms with Crippen molar-refractivity contribution in [2.24, 2.45) is 0 Å². The summed E-state index contributed by atoms with van der Waals surface area (Å²) in [5.41, 5.74) is 7.04. The number of carbonyl (C=O) groups excluding carboxylic acids is 2. The van der Waals surface area contributed by atoms with Crippen LogP contribution in [-0.4, -0.2) is 75.0 Å². The molecule has 2 aromatic carbocycles. The molecule has 7 N–H and O–H groups in total. The molecule has 0 radical (unpaired) electrons. The van der Waals surface area contributed by atoms with Crippen molar-refractivity contribution >= 4 is 39.4 Å². The van der Waals surface area contributed by atoms with Crippen LogP contribution in [0.4, 0.5) is 10.1 Å². The Kier molecular flexibility index (Phi) is 8.24. The molecule has 0 spiro atoms. The summed E-state index contributed by atoms with van der Waals surface area (Å²) in [7, 11) is 2.75. The lowest BCUT2D eigenvalue weighted by Gasteiger charge is -2.18. The van der Waals surface area contributed by atoms with Crippen molar-refractivity contribution in [3.63, 3.8) is 0 Å².